The summed E-state index contributed by atoms with van der Waals surface area (Å²) in [6.45, 7) is 17.3. The first kappa shape index (κ1) is 54.1. The molecule has 9 rings (SSSR count). The molecule has 9 N–H and O–H groups in total. The average Bonchev–Trinajstić information content (AvgIpc) is 3.64. The third-order valence-electron chi connectivity index (χ3n) is 20.3. The Bertz CT molecular complexity index is 1980. The molecule has 0 aromatic rings. The lowest BCUT2D eigenvalue weighted by atomic mass is 9.41. The molecule has 0 radical (unpaired) electrons. The summed E-state index contributed by atoms with van der Waals surface area (Å²) in [7, 11) is 0. The molecule has 406 valence electrons. The highest BCUT2D eigenvalue weighted by atomic mass is 16.8. The Hall–Kier alpha value is -1.70. The molecule has 4 aliphatic heterocycles. The first-order valence-corrected chi connectivity index (χ1v) is 26.0. The largest absolute Gasteiger partial charge is 0.456 e. The second kappa shape index (κ2) is 18.5. The Labute approximate surface area is 415 Å². The van der Waals surface area contributed by atoms with Gasteiger partial charge in [0.2, 0.25) is 0 Å². The van der Waals surface area contributed by atoms with E-state index in [4.69, 9.17) is 42.6 Å². The third-order valence-corrected chi connectivity index (χ3v) is 20.3. The van der Waals surface area contributed by atoms with Gasteiger partial charge < -0.3 is 88.6 Å². The van der Waals surface area contributed by atoms with Crippen molar-refractivity contribution in [3.63, 3.8) is 0 Å². The van der Waals surface area contributed by atoms with Crippen molar-refractivity contribution >= 4 is 11.9 Å². The van der Waals surface area contributed by atoms with Crippen molar-refractivity contribution in [2.45, 2.75) is 249 Å². The van der Waals surface area contributed by atoms with E-state index in [0.29, 0.717) is 38.5 Å². The topological polar surface area (TPSA) is 299 Å². The second-order valence-corrected chi connectivity index (χ2v) is 25.0. The van der Waals surface area contributed by atoms with Crippen LogP contribution in [0.15, 0.2) is 0 Å². The summed E-state index contributed by atoms with van der Waals surface area (Å²) in [6.07, 6.45) is -16.6. The molecule has 0 aromatic carbocycles. The van der Waals surface area contributed by atoms with Crippen LogP contribution in [0, 0.1) is 44.8 Å². The zero-order chi connectivity index (χ0) is 51.9. The number of rotatable bonds is 11. The summed E-state index contributed by atoms with van der Waals surface area (Å²) < 4.78 is 56.8. The number of fused-ring (bicyclic) bond motifs is 2. The lowest BCUT2D eigenvalue weighted by molar-refractivity contribution is -0.367. The van der Waals surface area contributed by atoms with Gasteiger partial charge in [-0.1, -0.05) is 27.7 Å². The van der Waals surface area contributed by atoms with E-state index in [1.807, 2.05) is 0 Å². The fraction of sp³-hybridized carbons (Fsp3) is 0.961. The summed E-state index contributed by atoms with van der Waals surface area (Å²) in [6, 6.07) is 0. The maximum Gasteiger partial charge on any atom is 0.303 e. The Balaban J connectivity index is 1.06. The number of hydrogen-bond acceptors (Lipinski definition) is 20. The van der Waals surface area contributed by atoms with Crippen LogP contribution in [-0.4, -0.2) is 193 Å². The van der Waals surface area contributed by atoms with Gasteiger partial charge in [-0.25, -0.2) is 0 Å². The number of aliphatic hydroxyl groups excluding tert-OH is 8. The van der Waals surface area contributed by atoms with Crippen molar-refractivity contribution in [2.75, 3.05) is 13.2 Å². The van der Waals surface area contributed by atoms with Crippen LogP contribution in [0.3, 0.4) is 0 Å². The average molecular weight is 1020 g/mol. The van der Waals surface area contributed by atoms with Gasteiger partial charge in [0.25, 0.3) is 0 Å². The number of aliphatic hydroxyl groups is 9. The standard InChI is InChI=1S/C51H82O20/c1-22-32(56)34(58)36(60)42(64-22)70-39-38(66-24(3)54)28(65-23(2)53)20-63-44(39)69-30-12-14-51-21-50(51)16-15-47(8)40(49(10)13-11-31(71-49)46(6,7)62)25(55)18-48(47,9)29(50)17-26(41(51)45(30,4)5)67-43-37(61)35(59)33(57)27(19-52)68-43/h22,25-44,52,55-62H,11-21H2,1-10H3. The zero-order valence-electron chi connectivity index (χ0n) is 42.9. The van der Waals surface area contributed by atoms with Crippen LogP contribution >= 0.6 is 0 Å². The van der Waals surface area contributed by atoms with E-state index in [-0.39, 0.29) is 41.3 Å². The molecule has 71 heavy (non-hydrogen) atoms. The minimum absolute atomic E-state index is 0.00299. The molecule has 9 aliphatic rings. The molecule has 2 spiro atoms. The molecule has 26 atom stereocenters. The second-order valence-electron chi connectivity index (χ2n) is 25.0. The predicted octanol–water partition coefficient (Wildman–Crippen LogP) is 0.718. The number of carbonyl (C=O) groups is 2. The fourth-order valence-corrected chi connectivity index (χ4v) is 16.9. The smallest absolute Gasteiger partial charge is 0.303 e. The molecule has 20 heteroatoms. The molecular weight excluding hydrogens is 933 g/mol. The molecule has 9 fully saturated rings. The Morgan fingerprint density at radius 2 is 1.32 bits per heavy atom. The van der Waals surface area contributed by atoms with Crippen molar-refractivity contribution in [2.24, 2.45) is 44.8 Å². The summed E-state index contributed by atoms with van der Waals surface area (Å²) in [4.78, 5) is 25.1. The number of esters is 2. The highest BCUT2D eigenvalue weighted by Gasteiger charge is 2.85. The van der Waals surface area contributed by atoms with Gasteiger partial charge in [0.05, 0.1) is 54.9 Å². The van der Waals surface area contributed by atoms with Gasteiger partial charge >= 0.3 is 11.9 Å². The highest BCUT2D eigenvalue weighted by Crippen LogP contribution is 2.89. The summed E-state index contributed by atoms with van der Waals surface area (Å²) >= 11 is 0. The van der Waals surface area contributed by atoms with E-state index in [1.165, 1.54) is 20.8 Å². The summed E-state index contributed by atoms with van der Waals surface area (Å²) in [5.74, 6) is -1.96. The number of carbonyl (C=O) groups excluding carboxylic acids is 2. The van der Waals surface area contributed by atoms with Gasteiger partial charge in [-0.05, 0) is 124 Å². The Morgan fingerprint density at radius 1 is 0.676 bits per heavy atom. The third kappa shape index (κ3) is 8.47. The molecule has 26 unspecified atom stereocenters. The molecule has 5 aliphatic carbocycles. The first-order chi connectivity index (χ1) is 33.0. The molecule has 5 saturated carbocycles. The van der Waals surface area contributed by atoms with E-state index >= 15 is 0 Å². The molecule has 4 heterocycles. The molecule has 0 bridgehead atoms. The maximum atomic E-state index is 12.7. The van der Waals surface area contributed by atoms with Crippen molar-refractivity contribution in [3.8, 4) is 0 Å². The van der Waals surface area contributed by atoms with Gasteiger partial charge in [0.1, 0.15) is 42.7 Å². The summed E-state index contributed by atoms with van der Waals surface area (Å²) in [5.41, 5.74) is -3.92. The quantitative estimate of drug-likeness (QED) is 0.102. The SMILES string of the molecule is CC(=O)OC1COC(OC2CCC34CC35CCC3(C)C(C6(C)CCC(C(C)(C)O)O6)C(O)CC3(C)C5CC(OC3OC(CO)C(O)C(O)C3O)C4C2(C)C)C(OC2OC(C)C(O)C(O)C2O)C1OC(C)=O. The van der Waals surface area contributed by atoms with Crippen LogP contribution in [0.25, 0.3) is 0 Å². The van der Waals surface area contributed by atoms with Gasteiger partial charge in [-0.3, -0.25) is 9.59 Å². The minimum atomic E-state index is -1.75. The fourth-order valence-electron chi connectivity index (χ4n) is 16.9. The minimum Gasteiger partial charge on any atom is -0.456 e. The van der Waals surface area contributed by atoms with E-state index in [0.717, 1.165) is 19.3 Å². The molecule has 0 aromatic heterocycles. The van der Waals surface area contributed by atoms with Crippen LogP contribution in [0.1, 0.15) is 127 Å². The van der Waals surface area contributed by atoms with Crippen LogP contribution in [0.5, 0.6) is 0 Å². The van der Waals surface area contributed by atoms with Crippen molar-refractivity contribution in [3.05, 3.63) is 0 Å². The van der Waals surface area contributed by atoms with Gasteiger partial charge in [0, 0.05) is 19.8 Å². The summed E-state index contributed by atoms with van der Waals surface area (Å²) in [5, 5.41) is 99.3. The Morgan fingerprint density at radius 3 is 1.94 bits per heavy atom. The van der Waals surface area contributed by atoms with Gasteiger partial charge in [-0.2, -0.15) is 0 Å². The molecule has 4 saturated heterocycles. The van der Waals surface area contributed by atoms with E-state index in [1.54, 1.807) is 13.8 Å². The van der Waals surface area contributed by atoms with E-state index in [2.05, 4.69) is 34.6 Å². The van der Waals surface area contributed by atoms with Crippen LogP contribution in [0.4, 0.5) is 0 Å². The maximum absolute atomic E-state index is 12.7. The number of ether oxygens (including phenoxy) is 9. The van der Waals surface area contributed by atoms with Crippen LogP contribution in [0.2, 0.25) is 0 Å². The zero-order valence-corrected chi connectivity index (χ0v) is 42.9. The predicted molar refractivity (Wildman–Crippen MR) is 244 cm³/mol. The normalized spacial score (nSPS) is 54.5. The van der Waals surface area contributed by atoms with E-state index in [9.17, 15) is 55.5 Å². The van der Waals surface area contributed by atoms with E-state index < -0.39 is 150 Å². The van der Waals surface area contributed by atoms with Crippen molar-refractivity contribution < 1.29 is 98.2 Å². The van der Waals surface area contributed by atoms with Crippen molar-refractivity contribution in [1.82, 2.24) is 0 Å². The van der Waals surface area contributed by atoms with Crippen molar-refractivity contribution in [1.29, 1.82) is 0 Å². The number of hydrogen-bond donors (Lipinski definition) is 9. The monoisotopic (exact) mass is 1010 g/mol. The lowest BCUT2D eigenvalue weighted by Gasteiger charge is -2.65. The first-order valence-electron chi connectivity index (χ1n) is 26.0. The molecule has 0 amide bonds. The molecule has 20 nitrogen and oxygen atoms in total. The van der Waals surface area contributed by atoms with Gasteiger partial charge in [-0.15, -0.1) is 0 Å². The molecular formula is C51H82O20. The van der Waals surface area contributed by atoms with Crippen LogP contribution < -0.4 is 0 Å². The van der Waals surface area contributed by atoms with Crippen LogP contribution in [-0.2, 0) is 52.2 Å². The highest BCUT2D eigenvalue weighted by molar-refractivity contribution is 5.67. The Kier molecular flexibility index (Phi) is 14.1. The lowest BCUT2D eigenvalue weighted by Crippen LogP contribution is -2.66. The van der Waals surface area contributed by atoms with Gasteiger partial charge in [0.15, 0.2) is 37.2 Å².